The predicted octanol–water partition coefficient (Wildman–Crippen LogP) is -2.47. The number of nitrogens with one attached hydrogen (secondary N) is 3. The Bertz CT molecular complexity index is 345. The van der Waals surface area contributed by atoms with Crippen LogP contribution in [-0.2, 0) is 9.59 Å². The van der Waals surface area contributed by atoms with Crippen LogP contribution in [0.3, 0.4) is 0 Å². The van der Waals surface area contributed by atoms with Crippen LogP contribution >= 0.6 is 0 Å². The molecule has 18 heavy (non-hydrogen) atoms. The number of carbonyl (C=O) groups is 2. The van der Waals surface area contributed by atoms with Gasteiger partial charge in [0.25, 0.3) is 0 Å². The molecule has 8 heteroatoms. The maximum atomic E-state index is 11.8. The van der Waals surface area contributed by atoms with Gasteiger partial charge in [0, 0.05) is 13.1 Å². The SMILES string of the molecule is CN1C[C@H](C(N)=O)NC(=O)[C@@H]1CCCNC(=N)N. The minimum Gasteiger partial charge on any atom is -0.370 e. The number of amides is 2. The second-order valence-electron chi connectivity index (χ2n) is 4.40. The molecule has 102 valence electrons. The summed E-state index contributed by atoms with van der Waals surface area (Å²) in [7, 11) is 1.79. The van der Waals surface area contributed by atoms with E-state index in [9.17, 15) is 9.59 Å². The lowest BCUT2D eigenvalue weighted by molar-refractivity contribution is -0.135. The van der Waals surface area contributed by atoms with Gasteiger partial charge in [-0.2, -0.15) is 0 Å². The number of piperazine rings is 1. The summed E-state index contributed by atoms with van der Waals surface area (Å²) in [4.78, 5) is 24.6. The fourth-order valence-corrected chi connectivity index (χ4v) is 1.96. The number of likely N-dealkylation sites (N-methyl/N-ethyl adjacent to an activating group) is 1. The first-order chi connectivity index (χ1) is 8.41. The van der Waals surface area contributed by atoms with Crippen molar-refractivity contribution < 1.29 is 9.59 Å². The predicted molar refractivity (Wildman–Crippen MR) is 66.7 cm³/mol. The zero-order valence-electron chi connectivity index (χ0n) is 10.4. The molecule has 1 rings (SSSR count). The van der Waals surface area contributed by atoms with E-state index in [2.05, 4.69) is 10.6 Å². The smallest absolute Gasteiger partial charge is 0.241 e. The van der Waals surface area contributed by atoms with Crippen molar-refractivity contribution >= 4 is 17.8 Å². The van der Waals surface area contributed by atoms with Crippen LogP contribution in [0.1, 0.15) is 12.8 Å². The maximum absolute atomic E-state index is 11.8. The third-order valence-corrected chi connectivity index (χ3v) is 2.93. The van der Waals surface area contributed by atoms with Crippen molar-refractivity contribution in [3.8, 4) is 0 Å². The molecule has 1 aliphatic heterocycles. The Morgan fingerprint density at radius 2 is 2.28 bits per heavy atom. The van der Waals surface area contributed by atoms with Crippen LogP contribution in [0.5, 0.6) is 0 Å². The van der Waals surface area contributed by atoms with E-state index in [4.69, 9.17) is 16.9 Å². The Labute approximate surface area is 106 Å². The molecular formula is C10H20N6O2. The number of hydrogen-bond acceptors (Lipinski definition) is 4. The highest BCUT2D eigenvalue weighted by atomic mass is 16.2. The van der Waals surface area contributed by atoms with Crippen molar-refractivity contribution in [3.05, 3.63) is 0 Å². The lowest BCUT2D eigenvalue weighted by atomic mass is 10.0. The lowest BCUT2D eigenvalue weighted by Gasteiger charge is -2.35. The van der Waals surface area contributed by atoms with Crippen LogP contribution in [0.4, 0.5) is 0 Å². The Morgan fingerprint density at radius 3 is 2.78 bits per heavy atom. The summed E-state index contributed by atoms with van der Waals surface area (Å²) < 4.78 is 0. The van der Waals surface area contributed by atoms with Gasteiger partial charge in [-0.05, 0) is 19.9 Å². The van der Waals surface area contributed by atoms with E-state index in [0.29, 0.717) is 25.9 Å². The molecule has 2 amide bonds. The Hall–Kier alpha value is -1.83. The zero-order chi connectivity index (χ0) is 13.7. The number of guanidine groups is 1. The van der Waals surface area contributed by atoms with Crippen molar-refractivity contribution in [2.45, 2.75) is 24.9 Å². The molecule has 0 spiro atoms. The molecule has 0 bridgehead atoms. The summed E-state index contributed by atoms with van der Waals surface area (Å²) >= 11 is 0. The van der Waals surface area contributed by atoms with Gasteiger partial charge in [0.05, 0.1) is 6.04 Å². The van der Waals surface area contributed by atoms with Crippen molar-refractivity contribution in [2.75, 3.05) is 20.1 Å². The first-order valence-corrected chi connectivity index (χ1v) is 5.79. The van der Waals surface area contributed by atoms with E-state index in [1.165, 1.54) is 0 Å². The summed E-state index contributed by atoms with van der Waals surface area (Å²) in [5, 5.41) is 12.3. The first kappa shape index (κ1) is 14.2. The van der Waals surface area contributed by atoms with Crippen LogP contribution in [-0.4, -0.2) is 54.9 Å². The number of nitrogens with zero attached hydrogens (tertiary/aromatic N) is 1. The molecule has 0 radical (unpaired) electrons. The van der Waals surface area contributed by atoms with E-state index in [0.717, 1.165) is 0 Å². The molecule has 0 aromatic carbocycles. The fraction of sp³-hybridized carbons (Fsp3) is 0.700. The Kier molecular flexibility index (Phi) is 4.90. The van der Waals surface area contributed by atoms with Crippen LogP contribution in [0, 0.1) is 5.41 Å². The fourth-order valence-electron chi connectivity index (χ4n) is 1.96. The zero-order valence-corrected chi connectivity index (χ0v) is 10.4. The third-order valence-electron chi connectivity index (χ3n) is 2.93. The average Bonchev–Trinajstić information content (AvgIpc) is 2.26. The normalized spacial score (nSPS) is 24.4. The lowest BCUT2D eigenvalue weighted by Crippen LogP contribution is -2.62. The van der Waals surface area contributed by atoms with Gasteiger partial charge in [-0.1, -0.05) is 0 Å². The molecule has 2 atom stereocenters. The van der Waals surface area contributed by atoms with Crippen LogP contribution in [0.2, 0.25) is 0 Å². The van der Waals surface area contributed by atoms with Gasteiger partial charge in [-0.3, -0.25) is 19.9 Å². The topological polar surface area (TPSA) is 137 Å². The molecule has 7 N–H and O–H groups in total. The van der Waals surface area contributed by atoms with E-state index >= 15 is 0 Å². The first-order valence-electron chi connectivity index (χ1n) is 5.79. The van der Waals surface area contributed by atoms with E-state index in [1.54, 1.807) is 7.05 Å². The molecule has 0 aliphatic carbocycles. The summed E-state index contributed by atoms with van der Waals surface area (Å²) in [6.45, 7) is 0.970. The standard InChI is InChI=1S/C10H20N6O2/c1-16-5-6(8(11)17)15-9(18)7(16)3-2-4-14-10(12)13/h6-7H,2-5H2,1H3,(H2,11,17)(H,15,18)(H4,12,13,14)/t6-,7+/m1/s1. The van der Waals surface area contributed by atoms with E-state index in [-0.39, 0.29) is 17.9 Å². The number of rotatable bonds is 5. The highest BCUT2D eigenvalue weighted by Crippen LogP contribution is 2.11. The number of carbonyl (C=O) groups excluding carboxylic acids is 2. The van der Waals surface area contributed by atoms with Crippen LogP contribution in [0.15, 0.2) is 0 Å². The molecule has 1 aliphatic rings. The average molecular weight is 256 g/mol. The summed E-state index contributed by atoms with van der Waals surface area (Å²) in [6.07, 6.45) is 1.34. The Balaban J connectivity index is 2.40. The number of hydrogen-bond donors (Lipinski definition) is 5. The summed E-state index contributed by atoms with van der Waals surface area (Å²) in [5.74, 6) is -0.785. The quantitative estimate of drug-likeness (QED) is 0.211. The van der Waals surface area contributed by atoms with E-state index in [1.807, 2.05) is 4.90 Å². The largest absolute Gasteiger partial charge is 0.370 e. The highest BCUT2D eigenvalue weighted by Gasteiger charge is 2.33. The molecule has 0 aromatic rings. The summed E-state index contributed by atoms with van der Waals surface area (Å²) in [6, 6.07) is -0.886. The number of nitrogens with two attached hydrogens (primary N) is 2. The molecule has 0 saturated carbocycles. The molecule has 1 heterocycles. The molecular weight excluding hydrogens is 236 g/mol. The molecule has 0 unspecified atom stereocenters. The van der Waals surface area contributed by atoms with Gasteiger partial charge in [-0.25, -0.2) is 0 Å². The second-order valence-corrected chi connectivity index (χ2v) is 4.40. The molecule has 1 saturated heterocycles. The van der Waals surface area contributed by atoms with Crippen molar-refractivity contribution in [2.24, 2.45) is 11.5 Å². The minimum atomic E-state index is -0.617. The van der Waals surface area contributed by atoms with Crippen LogP contribution < -0.4 is 22.1 Å². The van der Waals surface area contributed by atoms with Crippen molar-refractivity contribution in [1.82, 2.24) is 15.5 Å². The minimum absolute atomic E-state index is 0.0785. The van der Waals surface area contributed by atoms with Gasteiger partial charge in [-0.15, -0.1) is 0 Å². The van der Waals surface area contributed by atoms with E-state index < -0.39 is 11.9 Å². The maximum Gasteiger partial charge on any atom is 0.241 e. The van der Waals surface area contributed by atoms with Crippen molar-refractivity contribution in [1.29, 1.82) is 5.41 Å². The van der Waals surface area contributed by atoms with Gasteiger partial charge in [0.2, 0.25) is 11.8 Å². The van der Waals surface area contributed by atoms with Crippen LogP contribution in [0.25, 0.3) is 0 Å². The van der Waals surface area contributed by atoms with Gasteiger partial charge in [0.15, 0.2) is 5.96 Å². The monoisotopic (exact) mass is 256 g/mol. The Morgan fingerprint density at radius 1 is 1.61 bits per heavy atom. The second kappa shape index (κ2) is 6.20. The van der Waals surface area contributed by atoms with Crippen molar-refractivity contribution in [3.63, 3.8) is 0 Å². The van der Waals surface area contributed by atoms with Gasteiger partial charge < -0.3 is 22.1 Å². The molecule has 1 fully saturated rings. The molecule has 8 nitrogen and oxygen atoms in total. The summed E-state index contributed by atoms with van der Waals surface area (Å²) in [5.41, 5.74) is 10.3. The third kappa shape index (κ3) is 3.88. The van der Waals surface area contributed by atoms with Gasteiger partial charge in [0.1, 0.15) is 6.04 Å². The molecule has 0 aromatic heterocycles. The highest BCUT2D eigenvalue weighted by molar-refractivity contribution is 5.90. The number of primary amides is 1. The van der Waals surface area contributed by atoms with Gasteiger partial charge >= 0.3 is 0 Å².